The molecule has 2 rings (SSSR count). The quantitative estimate of drug-likeness (QED) is 0.792. The van der Waals surface area contributed by atoms with Crippen LogP contribution >= 0.6 is 27.7 Å². The molecular weight excluding hydrogens is 296 g/mol. The minimum Gasteiger partial charge on any atom is -0.366 e. The highest BCUT2D eigenvalue weighted by Gasteiger charge is 2.27. The highest BCUT2D eigenvalue weighted by Crippen LogP contribution is 2.33. The van der Waals surface area contributed by atoms with Crippen molar-refractivity contribution in [2.45, 2.75) is 25.1 Å². The Balaban J connectivity index is 2.40. The predicted molar refractivity (Wildman–Crippen MR) is 77.6 cm³/mol. The first-order valence-electron chi connectivity index (χ1n) is 5.72. The van der Waals surface area contributed by atoms with Crippen LogP contribution in [0.25, 0.3) is 0 Å². The Bertz CT molecular complexity index is 455. The highest BCUT2D eigenvalue weighted by atomic mass is 79.9. The molecule has 1 aliphatic rings. The van der Waals surface area contributed by atoms with Crippen LogP contribution in [-0.2, 0) is 0 Å². The summed E-state index contributed by atoms with van der Waals surface area (Å²) in [5.74, 6) is 1.13. The Kier molecular flexibility index (Phi) is 4.01. The van der Waals surface area contributed by atoms with Gasteiger partial charge in [0.1, 0.15) is 6.07 Å². The molecule has 0 aromatic heterocycles. The van der Waals surface area contributed by atoms with Crippen molar-refractivity contribution in [1.82, 2.24) is 0 Å². The van der Waals surface area contributed by atoms with E-state index in [4.69, 9.17) is 0 Å². The lowest BCUT2D eigenvalue weighted by atomic mass is 10.1. The molecule has 0 aliphatic carbocycles. The van der Waals surface area contributed by atoms with E-state index in [0.717, 1.165) is 28.0 Å². The summed E-state index contributed by atoms with van der Waals surface area (Å²) in [6.07, 6.45) is 0. The minimum absolute atomic E-state index is 0.468. The first-order valence-corrected chi connectivity index (χ1v) is 7.56. The van der Waals surface area contributed by atoms with Gasteiger partial charge in [-0.3, -0.25) is 0 Å². The Labute approximate surface area is 115 Å². The first kappa shape index (κ1) is 12.8. The van der Waals surface area contributed by atoms with Crippen LogP contribution < -0.4 is 4.90 Å². The summed E-state index contributed by atoms with van der Waals surface area (Å²) in [5.41, 5.74) is 1.81. The number of hydrogen-bond acceptors (Lipinski definition) is 3. The molecule has 1 aromatic carbocycles. The van der Waals surface area contributed by atoms with Crippen LogP contribution in [-0.4, -0.2) is 23.6 Å². The van der Waals surface area contributed by atoms with E-state index in [2.05, 4.69) is 40.7 Å². The van der Waals surface area contributed by atoms with Crippen LogP contribution in [0.15, 0.2) is 22.7 Å². The second-order valence-electron chi connectivity index (χ2n) is 4.26. The zero-order valence-electron chi connectivity index (χ0n) is 9.98. The van der Waals surface area contributed by atoms with E-state index < -0.39 is 0 Å². The Morgan fingerprint density at radius 3 is 2.94 bits per heavy atom. The van der Waals surface area contributed by atoms with Gasteiger partial charge in [0.25, 0.3) is 0 Å². The Morgan fingerprint density at radius 2 is 2.24 bits per heavy atom. The van der Waals surface area contributed by atoms with Crippen LogP contribution in [0, 0.1) is 11.3 Å². The third-order valence-electron chi connectivity index (χ3n) is 3.30. The van der Waals surface area contributed by atoms with Crippen molar-refractivity contribution in [2.75, 3.05) is 17.2 Å². The van der Waals surface area contributed by atoms with E-state index in [1.54, 1.807) is 0 Å². The maximum Gasteiger partial charge on any atom is 0.103 e. The standard InChI is InChI=1S/C13H15BrN2S/c1-9-10(2)17-7-6-16(9)13-5-3-4-12(14)11(13)8-15/h3-5,9-10H,6-7H2,1-2H3. The summed E-state index contributed by atoms with van der Waals surface area (Å²) in [7, 11) is 0. The van der Waals surface area contributed by atoms with Crippen molar-refractivity contribution in [3.05, 3.63) is 28.2 Å². The lowest BCUT2D eigenvalue weighted by Crippen LogP contribution is -2.45. The number of anilines is 1. The number of rotatable bonds is 1. The second-order valence-corrected chi connectivity index (χ2v) is 6.60. The van der Waals surface area contributed by atoms with Gasteiger partial charge in [-0.2, -0.15) is 17.0 Å². The topological polar surface area (TPSA) is 27.0 Å². The van der Waals surface area contributed by atoms with Gasteiger partial charge >= 0.3 is 0 Å². The summed E-state index contributed by atoms with van der Waals surface area (Å²) in [6.45, 7) is 5.51. The molecule has 0 amide bonds. The van der Waals surface area contributed by atoms with E-state index in [-0.39, 0.29) is 0 Å². The first-order chi connectivity index (χ1) is 8.15. The van der Waals surface area contributed by atoms with Crippen molar-refractivity contribution in [3.63, 3.8) is 0 Å². The Hall–Kier alpha value is -0.660. The second kappa shape index (κ2) is 5.32. The number of thioether (sulfide) groups is 1. The number of hydrogen-bond donors (Lipinski definition) is 0. The van der Waals surface area contributed by atoms with Crippen LogP contribution in [0.3, 0.4) is 0 Å². The number of halogens is 1. The molecule has 1 aromatic rings. The summed E-state index contributed by atoms with van der Waals surface area (Å²) >= 11 is 5.46. The summed E-state index contributed by atoms with van der Waals surface area (Å²) in [4.78, 5) is 2.35. The zero-order chi connectivity index (χ0) is 12.4. The average molecular weight is 311 g/mol. The van der Waals surface area contributed by atoms with Crippen LogP contribution in [0.4, 0.5) is 5.69 Å². The number of benzene rings is 1. The van der Waals surface area contributed by atoms with Gasteiger partial charge in [0.05, 0.1) is 11.3 Å². The average Bonchev–Trinajstić information content (AvgIpc) is 2.32. The zero-order valence-corrected chi connectivity index (χ0v) is 12.4. The summed E-state index contributed by atoms with van der Waals surface area (Å²) < 4.78 is 0.885. The van der Waals surface area contributed by atoms with E-state index in [9.17, 15) is 5.26 Å². The predicted octanol–water partition coefficient (Wildman–Crippen LogP) is 3.65. The van der Waals surface area contributed by atoms with Gasteiger partial charge in [-0.1, -0.05) is 13.0 Å². The lowest BCUT2D eigenvalue weighted by Gasteiger charge is -2.39. The maximum absolute atomic E-state index is 9.27. The fourth-order valence-electron chi connectivity index (χ4n) is 2.14. The molecule has 2 unspecified atom stereocenters. The third-order valence-corrected chi connectivity index (χ3v) is 5.30. The molecule has 0 radical (unpaired) electrons. The molecule has 0 N–H and O–H groups in total. The fourth-order valence-corrected chi connectivity index (χ4v) is 3.68. The third kappa shape index (κ3) is 2.46. The molecule has 17 heavy (non-hydrogen) atoms. The molecule has 4 heteroatoms. The van der Waals surface area contributed by atoms with Crippen LogP contribution in [0.2, 0.25) is 0 Å². The van der Waals surface area contributed by atoms with Gasteiger partial charge in [0.2, 0.25) is 0 Å². The molecule has 1 heterocycles. The molecule has 1 aliphatic heterocycles. The molecular formula is C13H15BrN2S. The van der Waals surface area contributed by atoms with Crippen molar-refractivity contribution in [2.24, 2.45) is 0 Å². The van der Waals surface area contributed by atoms with Crippen molar-refractivity contribution in [1.29, 1.82) is 5.26 Å². The normalized spacial score (nSPS) is 24.5. The van der Waals surface area contributed by atoms with E-state index in [1.807, 2.05) is 30.0 Å². The maximum atomic E-state index is 9.27. The molecule has 2 nitrogen and oxygen atoms in total. The van der Waals surface area contributed by atoms with Gasteiger partial charge in [0.15, 0.2) is 0 Å². The van der Waals surface area contributed by atoms with E-state index >= 15 is 0 Å². The molecule has 0 saturated carbocycles. The minimum atomic E-state index is 0.468. The fraction of sp³-hybridized carbons (Fsp3) is 0.462. The van der Waals surface area contributed by atoms with Gasteiger partial charge in [-0.05, 0) is 35.0 Å². The van der Waals surface area contributed by atoms with Gasteiger partial charge < -0.3 is 4.90 Å². The van der Waals surface area contributed by atoms with Crippen molar-refractivity contribution in [3.8, 4) is 6.07 Å². The van der Waals surface area contributed by atoms with Crippen molar-refractivity contribution < 1.29 is 0 Å². The van der Waals surface area contributed by atoms with Gasteiger partial charge in [-0.15, -0.1) is 0 Å². The van der Waals surface area contributed by atoms with E-state index in [0.29, 0.717) is 11.3 Å². The smallest absolute Gasteiger partial charge is 0.103 e. The molecule has 1 saturated heterocycles. The summed E-state index contributed by atoms with van der Waals surface area (Å²) in [5, 5.41) is 9.88. The van der Waals surface area contributed by atoms with E-state index in [1.165, 1.54) is 0 Å². The molecule has 0 bridgehead atoms. The monoisotopic (exact) mass is 310 g/mol. The molecule has 1 fully saturated rings. The largest absolute Gasteiger partial charge is 0.366 e. The van der Waals surface area contributed by atoms with Crippen LogP contribution in [0.5, 0.6) is 0 Å². The van der Waals surface area contributed by atoms with Crippen molar-refractivity contribution >= 4 is 33.4 Å². The molecule has 2 atom stereocenters. The lowest BCUT2D eigenvalue weighted by molar-refractivity contribution is 0.627. The summed E-state index contributed by atoms with van der Waals surface area (Å²) in [6, 6.07) is 8.74. The number of nitrogens with zero attached hydrogens (tertiary/aromatic N) is 2. The molecule has 0 spiro atoms. The van der Waals surface area contributed by atoms with Gasteiger partial charge in [0, 0.05) is 28.1 Å². The molecule has 90 valence electrons. The Morgan fingerprint density at radius 1 is 1.47 bits per heavy atom. The van der Waals surface area contributed by atoms with Gasteiger partial charge in [-0.25, -0.2) is 0 Å². The SMILES string of the molecule is CC1SCCN(c2cccc(Br)c2C#N)C1C. The highest BCUT2D eigenvalue weighted by molar-refractivity contribution is 9.10. The van der Waals surface area contributed by atoms with Crippen LogP contribution in [0.1, 0.15) is 19.4 Å². The number of nitriles is 1.